The van der Waals surface area contributed by atoms with Crippen LogP contribution in [0.2, 0.25) is 5.02 Å². The number of carbonyl (C=O) groups is 1. The molecule has 1 aliphatic rings. The van der Waals surface area contributed by atoms with Gasteiger partial charge >= 0.3 is 0 Å². The van der Waals surface area contributed by atoms with Gasteiger partial charge in [-0.2, -0.15) is 0 Å². The molecule has 1 aromatic rings. The van der Waals surface area contributed by atoms with Crippen LogP contribution in [0.4, 0.5) is 5.69 Å². The average molecular weight is 240 g/mol. The number of hydrogen-bond donors (Lipinski definition) is 1. The van der Waals surface area contributed by atoms with E-state index in [1.807, 2.05) is 6.92 Å². The van der Waals surface area contributed by atoms with E-state index in [1.54, 1.807) is 18.2 Å². The molecule has 16 heavy (non-hydrogen) atoms. The third kappa shape index (κ3) is 2.06. The summed E-state index contributed by atoms with van der Waals surface area (Å²) in [6.45, 7) is 2.56. The molecule has 0 saturated carbocycles. The molecule has 1 saturated heterocycles. The molecule has 0 bridgehead atoms. The van der Waals surface area contributed by atoms with Crippen LogP contribution in [0.25, 0.3) is 0 Å². The van der Waals surface area contributed by atoms with Crippen LogP contribution in [0.5, 0.6) is 0 Å². The highest BCUT2D eigenvalue weighted by molar-refractivity contribution is 6.34. The smallest absolute Gasteiger partial charge is 0.170 e. The van der Waals surface area contributed by atoms with Crippen molar-refractivity contribution >= 4 is 23.1 Å². The fourth-order valence-corrected chi connectivity index (χ4v) is 2.29. The number of anilines is 1. The van der Waals surface area contributed by atoms with Crippen molar-refractivity contribution in [2.45, 2.75) is 19.4 Å². The van der Waals surface area contributed by atoms with Gasteiger partial charge in [-0.1, -0.05) is 11.6 Å². The van der Waals surface area contributed by atoms with Gasteiger partial charge in [-0.05, 0) is 31.5 Å². The van der Waals surface area contributed by atoms with E-state index in [2.05, 4.69) is 0 Å². The lowest BCUT2D eigenvalue weighted by atomic mass is 9.92. The van der Waals surface area contributed by atoms with E-state index in [-0.39, 0.29) is 17.8 Å². The molecule has 0 aromatic heterocycles. The van der Waals surface area contributed by atoms with Gasteiger partial charge < -0.3 is 10.5 Å². The van der Waals surface area contributed by atoms with Gasteiger partial charge in [0.2, 0.25) is 0 Å². The molecule has 3 nitrogen and oxygen atoms in total. The van der Waals surface area contributed by atoms with Gasteiger partial charge in [-0.3, -0.25) is 4.79 Å². The zero-order valence-corrected chi connectivity index (χ0v) is 9.83. The molecule has 0 radical (unpaired) electrons. The first-order valence-corrected chi connectivity index (χ1v) is 5.68. The summed E-state index contributed by atoms with van der Waals surface area (Å²) in [4.78, 5) is 12.2. The highest BCUT2D eigenvalue weighted by Gasteiger charge is 2.32. The van der Waals surface area contributed by atoms with Gasteiger partial charge in [0, 0.05) is 17.9 Å². The van der Waals surface area contributed by atoms with E-state index < -0.39 is 0 Å². The van der Waals surface area contributed by atoms with Crippen LogP contribution in [-0.2, 0) is 4.74 Å². The van der Waals surface area contributed by atoms with E-state index >= 15 is 0 Å². The number of ether oxygens (including phenoxy) is 1. The van der Waals surface area contributed by atoms with E-state index in [0.29, 0.717) is 22.9 Å². The molecule has 0 spiro atoms. The second kappa shape index (κ2) is 4.44. The number of nitrogens with two attached hydrogens (primary N) is 1. The van der Waals surface area contributed by atoms with Gasteiger partial charge in [0.15, 0.2) is 5.78 Å². The molecule has 1 aromatic carbocycles. The summed E-state index contributed by atoms with van der Waals surface area (Å²) in [7, 11) is 0. The molecule has 4 heteroatoms. The van der Waals surface area contributed by atoms with Crippen molar-refractivity contribution < 1.29 is 9.53 Å². The van der Waals surface area contributed by atoms with Gasteiger partial charge in [0.25, 0.3) is 0 Å². The Morgan fingerprint density at radius 3 is 2.88 bits per heavy atom. The van der Waals surface area contributed by atoms with E-state index in [9.17, 15) is 4.79 Å². The average Bonchev–Trinajstić information content (AvgIpc) is 2.63. The number of carbonyl (C=O) groups excluding carboxylic acids is 1. The first kappa shape index (κ1) is 11.4. The number of ketones is 1. The monoisotopic (exact) mass is 239 g/mol. The number of rotatable bonds is 2. The first-order chi connectivity index (χ1) is 7.59. The minimum atomic E-state index is -0.0823. The summed E-state index contributed by atoms with van der Waals surface area (Å²) in [5.74, 6) is -0.0314. The van der Waals surface area contributed by atoms with Crippen LogP contribution < -0.4 is 5.73 Å². The van der Waals surface area contributed by atoms with Crippen molar-refractivity contribution in [3.63, 3.8) is 0 Å². The van der Waals surface area contributed by atoms with Crippen LogP contribution in [0.1, 0.15) is 23.7 Å². The zero-order chi connectivity index (χ0) is 11.7. The number of hydrogen-bond acceptors (Lipinski definition) is 3. The lowest BCUT2D eigenvalue weighted by Gasteiger charge is -2.13. The lowest BCUT2D eigenvalue weighted by Crippen LogP contribution is -2.22. The lowest BCUT2D eigenvalue weighted by molar-refractivity contribution is 0.0764. The summed E-state index contributed by atoms with van der Waals surface area (Å²) >= 11 is 6.01. The van der Waals surface area contributed by atoms with Crippen molar-refractivity contribution in [1.29, 1.82) is 0 Å². The van der Waals surface area contributed by atoms with Crippen LogP contribution in [0.15, 0.2) is 18.2 Å². The molecule has 1 aliphatic heterocycles. The Kier molecular flexibility index (Phi) is 3.17. The minimum absolute atomic E-state index is 0.0267. The SMILES string of the molecule is CC1OCCC1C(=O)c1ccc(N)cc1Cl. The fraction of sp³-hybridized carbons (Fsp3) is 0.417. The summed E-state index contributed by atoms with van der Waals surface area (Å²) in [6, 6.07) is 4.99. The van der Waals surface area contributed by atoms with Crippen LogP contribution in [0, 0.1) is 5.92 Å². The summed E-state index contributed by atoms with van der Waals surface area (Å²) in [5, 5.41) is 0.420. The molecule has 86 valence electrons. The maximum absolute atomic E-state index is 12.2. The number of benzene rings is 1. The summed E-state index contributed by atoms with van der Waals surface area (Å²) in [5.41, 5.74) is 6.69. The normalized spacial score (nSPS) is 24.6. The van der Waals surface area contributed by atoms with Crippen LogP contribution in [0.3, 0.4) is 0 Å². The molecule has 2 atom stereocenters. The predicted molar refractivity (Wildman–Crippen MR) is 63.7 cm³/mol. The highest BCUT2D eigenvalue weighted by atomic mass is 35.5. The predicted octanol–water partition coefficient (Wildman–Crippen LogP) is 2.53. The molecule has 0 aliphatic carbocycles. The van der Waals surface area contributed by atoms with Crippen molar-refractivity contribution in [3.8, 4) is 0 Å². The Balaban J connectivity index is 2.27. The van der Waals surface area contributed by atoms with Crippen LogP contribution >= 0.6 is 11.6 Å². The standard InChI is InChI=1S/C12H14ClNO2/c1-7-9(4-5-16-7)12(15)10-3-2-8(14)6-11(10)13/h2-3,6-7,9H,4-5,14H2,1H3. The van der Waals surface area contributed by atoms with Crippen molar-refractivity contribution in [2.24, 2.45) is 5.92 Å². The maximum Gasteiger partial charge on any atom is 0.170 e. The molecular formula is C12H14ClNO2. The first-order valence-electron chi connectivity index (χ1n) is 5.30. The maximum atomic E-state index is 12.2. The Morgan fingerprint density at radius 1 is 1.56 bits per heavy atom. The fourth-order valence-electron chi connectivity index (χ4n) is 2.01. The Bertz CT molecular complexity index is 419. The second-order valence-corrected chi connectivity index (χ2v) is 4.48. The number of nitrogen functional groups attached to an aromatic ring is 1. The molecule has 2 unspecified atom stereocenters. The van der Waals surface area contributed by atoms with E-state index in [1.165, 1.54) is 0 Å². The zero-order valence-electron chi connectivity index (χ0n) is 9.07. The van der Waals surface area contributed by atoms with Crippen molar-refractivity contribution in [3.05, 3.63) is 28.8 Å². The van der Waals surface area contributed by atoms with Crippen molar-refractivity contribution in [1.82, 2.24) is 0 Å². The quantitative estimate of drug-likeness (QED) is 0.637. The Hall–Kier alpha value is -1.06. The van der Waals surface area contributed by atoms with Crippen molar-refractivity contribution in [2.75, 3.05) is 12.3 Å². The van der Waals surface area contributed by atoms with Gasteiger partial charge in [-0.25, -0.2) is 0 Å². The Labute approximate surface area is 99.5 Å². The van der Waals surface area contributed by atoms with E-state index in [4.69, 9.17) is 22.1 Å². The molecule has 2 rings (SSSR count). The minimum Gasteiger partial charge on any atom is -0.399 e. The third-order valence-electron chi connectivity index (χ3n) is 2.97. The molecule has 2 N–H and O–H groups in total. The largest absolute Gasteiger partial charge is 0.399 e. The molecule has 1 heterocycles. The molecular weight excluding hydrogens is 226 g/mol. The van der Waals surface area contributed by atoms with Crippen LogP contribution in [-0.4, -0.2) is 18.5 Å². The summed E-state index contributed by atoms with van der Waals surface area (Å²) in [6.07, 6.45) is 0.738. The second-order valence-electron chi connectivity index (χ2n) is 4.07. The third-order valence-corrected chi connectivity index (χ3v) is 3.28. The number of halogens is 1. The van der Waals surface area contributed by atoms with Gasteiger partial charge in [-0.15, -0.1) is 0 Å². The summed E-state index contributed by atoms with van der Waals surface area (Å²) < 4.78 is 5.38. The number of Topliss-reactive ketones (excluding diaryl/α,β-unsaturated/α-hetero) is 1. The topological polar surface area (TPSA) is 52.3 Å². The highest BCUT2D eigenvalue weighted by Crippen LogP contribution is 2.28. The van der Waals surface area contributed by atoms with E-state index in [0.717, 1.165) is 6.42 Å². The van der Waals surface area contributed by atoms with Gasteiger partial charge in [0.1, 0.15) is 0 Å². The van der Waals surface area contributed by atoms with Gasteiger partial charge in [0.05, 0.1) is 17.0 Å². The Morgan fingerprint density at radius 2 is 2.31 bits per heavy atom. The molecule has 0 amide bonds. The molecule has 1 fully saturated rings.